The van der Waals surface area contributed by atoms with Crippen molar-refractivity contribution >= 4 is 0 Å². The Hall–Kier alpha value is -1.80. The van der Waals surface area contributed by atoms with E-state index < -0.39 is 0 Å². The van der Waals surface area contributed by atoms with Crippen molar-refractivity contribution in [2.75, 3.05) is 7.11 Å². The number of methoxy groups -OCH3 is 1. The van der Waals surface area contributed by atoms with E-state index in [1.54, 1.807) is 7.11 Å². The summed E-state index contributed by atoms with van der Waals surface area (Å²) in [5, 5.41) is 0. The molecule has 2 aromatic carbocycles. The Bertz CT molecular complexity index is 524. The highest BCUT2D eigenvalue weighted by Gasteiger charge is 2.26. The van der Waals surface area contributed by atoms with E-state index in [9.17, 15) is 0 Å². The smallest absolute Gasteiger partial charge is 0.122 e. The minimum atomic E-state index is -0.351. The first-order chi connectivity index (χ1) is 9.19. The summed E-state index contributed by atoms with van der Waals surface area (Å²) in [5.74, 6) is 0.904. The van der Waals surface area contributed by atoms with Crippen molar-refractivity contribution in [3.8, 4) is 5.75 Å². The van der Waals surface area contributed by atoms with Gasteiger partial charge in [-0.2, -0.15) is 0 Å². The molecule has 2 rings (SSSR count). The quantitative estimate of drug-likeness (QED) is 0.887. The molecule has 0 bridgehead atoms. The van der Waals surface area contributed by atoms with Crippen LogP contribution in [-0.2, 0) is 12.0 Å². The van der Waals surface area contributed by atoms with Gasteiger partial charge in [0.15, 0.2) is 0 Å². The highest BCUT2D eigenvalue weighted by atomic mass is 16.5. The van der Waals surface area contributed by atoms with Crippen LogP contribution in [0, 0.1) is 0 Å². The topological polar surface area (TPSA) is 35.2 Å². The van der Waals surface area contributed by atoms with E-state index in [-0.39, 0.29) is 5.54 Å². The zero-order valence-corrected chi connectivity index (χ0v) is 11.6. The molecule has 0 heterocycles. The summed E-state index contributed by atoms with van der Waals surface area (Å²) in [6.07, 6.45) is 1.66. The number of benzene rings is 2. The summed E-state index contributed by atoms with van der Waals surface area (Å²) in [5.41, 5.74) is 8.59. The minimum Gasteiger partial charge on any atom is -0.496 e. The Balaban J connectivity index is 2.33. The predicted molar refractivity (Wildman–Crippen MR) is 79.3 cm³/mol. The number of hydrogen-bond acceptors (Lipinski definition) is 2. The normalized spacial score (nSPS) is 13.8. The molecule has 0 aliphatic rings. The lowest BCUT2D eigenvalue weighted by Gasteiger charge is -2.29. The van der Waals surface area contributed by atoms with Gasteiger partial charge in [0.25, 0.3) is 0 Å². The van der Waals surface area contributed by atoms with Crippen molar-refractivity contribution in [2.45, 2.75) is 25.3 Å². The molecule has 2 N–H and O–H groups in total. The molecule has 1 atom stereocenters. The monoisotopic (exact) mass is 255 g/mol. The fourth-order valence-electron chi connectivity index (χ4n) is 2.39. The molecule has 0 amide bonds. The van der Waals surface area contributed by atoms with Gasteiger partial charge in [-0.1, -0.05) is 55.5 Å². The van der Waals surface area contributed by atoms with Crippen LogP contribution in [0.2, 0.25) is 0 Å². The second kappa shape index (κ2) is 5.89. The lowest BCUT2D eigenvalue weighted by Crippen LogP contribution is -2.38. The number of ether oxygens (including phenoxy) is 1. The Kier molecular flexibility index (Phi) is 4.23. The average Bonchev–Trinajstić information content (AvgIpc) is 2.48. The van der Waals surface area contributed by atoms with Gasteiger partial charge in [0.1, 0.15) is 5.75 Å². The number of rotatable bonds is 5. The molecular formula is C17H21NO. The molecule has 2 nitrogen and oxygen atoms in total. The van der Waals surface area contributed by atoms with Crippen LogP contribution in [0.15, 0.2) is 54.6 Å². The van der Waals surface area contributed by atoms with Crippen LogP contribution < -0.4 is 10.5 Å². The third-order valence-electron chi connectivity index (χ3n) is 3.68. The van der Waals surface area contributed by atoms with E-state index in [1.807, 2.05) is 36.4 Å². The fraction of sp³-hybridized carbons (Fsp3) is 0.294. The SMILES string of the molecule is CCC(N)(Cc1ccccc1OC)c1ccccc1. The molecule has 100 valence electrons. The van der Waals surface area contributed by atoms with Crippen molar-refractivity contribution in [3.05, 3.63) is 65.7 Å². The summed E-state index contributed by atoms with van der Waals surface area (Å²) in [7, 11) is 1.70. The van der Waals surface area contributed by atoms with Gasteiger partial charge in [-0.15, -0.1) is 0 Å². The second-order valence-corrected chi connectivity index (χ2v) is 4.86. The van der Waals surface area contributed by atoms with Crippen LogP contribution in [0.4, 0.5) is 0 Å². The summed E-state index contributed by atoms with van der Waals surface area (Å²) in [4.78, 5) is 0. The van der Waals surface area contributed by atoms with Gasteiger partial charge in [0.05, 0.1) is 7.11 Å². The first-order valence-corrected chi connectivity index (χ1v) is 6.66. The Labute approximate surface area is 115 Å². The van der Waals surface area contributed by atoms with Crippen LogP contribution >= 0.6 is 0 Å². The van der Waals surface area contributed by atoms with E-state index in [1.165, 1.54) is 5.56 Å². The maximum atomic E-state index is 6.62. The van der Waals surface area contributed by atoms with Crippen molar-refractivity contribution < 1.29 is 4.74 Å². The summed E-state index contributed by atoms with van der Waals surface area (Å²) < 4.78 is 5.42. The van der Waals surface area contributed by atoms with Crippen molar-refractivity contribution in [3.63, 3.8) is 0 Å². The van der Waals surface area contributed by atoms with Gasteiger partial charge in [-0.05, 0) is 30.0 Å². The Morgan fingerprint density at radius 3 is 2.26 bits per heavy atom. The standard InChI is InChI=1S/C17H21NO/c1-3-17(18,15-10-5-4-6-11-15)13-14-9-7-8-12-16(14)19-2/h4-12H,3,13,18H2,1-2H3. The third-order valence-corrected chi connectivity index (χ3v) is 3.68. The molecule has 0 spiro atoms. The molecule has 0 aliphatic carbocycles. The number of para-hydroxylation sites is 1. The highest BCUT2D eigenvalue weighted by molar-refractivity contribution is 5.37. The molecule has 0 aromatic heterocycles. The molecule has 0 aliphatic heterocycles. The van der Waals surface area contributed by atoms with E-state index >= 15 is 0 Å². The number of nitrogens with two attached hydrogens (primary N) is 1. The molecule has 0 saturated carbocycles. The molecule has 2 heteroatoms. The number of hydrogen-bond donors (Lipinski definition) is 1. The van der Waals surface area contributed by atoms with Crippen LogP contribution in [0.5, 0.6) is 5.75 Å². The molecule has 0 saturated heterocycles. The van der Waals surface area contributed by atoms with Gasteiger partial charge in [0.2, 0.25) is 0 Å². The van der Waals surface area contributed by atoms with Crippen molar-refractivity contribution in [2.24, 2.45) is 5.73 Å². The Morgan fingerprint density at radius 1 is 1.00 bits per heavy atom. The largest absolute Gasteiger partial charge is 0.496 e. The molecule has 2 aromatic rings. The molecule has 0 fully saturated rings. The van der Waals surface area contributed by atoms with E-state index in [0.717, 1.165) is 24.2 Å². The maximum absolute atomic E-state index is 6.62. The predicted octanol–water partition coefficient (Wildman–Crippen LogP) is 3.50. The van der Waals surface area contributed by atoms with E-state index in [0.29, 0.717) is 0 Å². The van der Waals surface area contributed by atoms with Crippen LogP contribution in [0.25, 0.3) is 0 Å². The van der Waals surface area contributed by atoms with Gasteiger partial charge in [-0.3, -0.25) is 0 Å². The van der Waals surface area contributed by atoms with Crippen molar-refractivity contribution in [1.82, 2.24) is 0 Å². The van der Waals surface area contributed by atoms with E-state index in [2.05, 4.69) is 25.1 Å². The van der Waals surface area contributed by atoms with Crippen LogP contribution in [0.1, 0.15) is 24.5 Å². The van der Waals surface area contributed by atoms with Gasteiger partial charge < -0.3 is 10.5 Å². The minimum absolute atomic E-state index is 0.351. The first-order valence-electron chi connectivity index (χ1n) is 6.66. The maximum Gasteiger partial charge on any atom is 0.122 e. The second-order valence-electron chi connectivity index (χ2n) is 4.86. The fourth-order valence-corrected chi connectivity index (χ4v) is 2.39. The lowest BCUT2D eigenvalue weighted by molar-refractivity contribution is 0.386. The third kappa shape index (κ3) is 2.96. The zero-order valence-electron chi connectivity index (χ0n) is 11.6. The molecular weight excluding hydrogens is 234 g/mol. The zero-order chi connectivity index (χ0) is 13.7. The molecule has 19 heavy (non-hydrogen) atoms. The Morgan fingerprint density at radius 2 is 1.63 bits per heavy atom. The molecule has 0 radical (unpaired) electrons. The van der Waals surface area contributed by atoms with Crippen LogP contribution in [-0.4, -0.2) is 7.11 Å². The first kappa shape index (κ1) is 13.6. The van der Waals surface area contributed by atoms with Crippen molar-refractivity contribution in [1.29, 1.82) is 0 Å². The average molecular weight is 255 g/mol. The highest BCUT2D eigenvalue weighted by Crippen LogP contribution is 2.30. The summed E-state index contributed by atoms with van der Waals surface area (Å²) in [6, 6.07) is 18.4. The van der Waals surface area contributed by atoms with Gasteiger partial charge in [-0.25, -0.2) is 0 Å². The van der Waals surface area contributed by atoms with Gasteiger partial charge >= 0.3 is 0 Å². The van der Waals surface area contributed by atoms with Crippen LogP contribution in [0.3, 0.4) is 0 Å². The van der Waals surface area contributed by atoms with E-state index in [4.69, 9.17) is 10.5 Å². The van der Waals surface area contributed by atoms with Gasteiger partial charge in [0, 0.05) is 5.54 Å². The summed E-state index contributed by atoms with van der Waals surface area (Å²) in [6.45, 7) is 2.13. The molecule has 1 unspecified atom stereocenters. The lowest BCUT2D eigenvalue weighted by atomic mass is 9.82. The summed E-state index contributed by atoms with van der Waals surface area (Å²) >= 11 is 0.